The molecular weight excluding hydrogens is 434 g/mol. The molecule has 0 unspecified atom stereocenters. The van der Waals surface area contributed by atoms with Crippen molar-refractivity contribution in [2.45, 2.75) is 19.8 Å². The Bertz CT molecular complexity index is 1190. The number of ether oxygens (including phenoxy) is 2. The number of methoxy groups -OCH3 is 1. The molecule has 3 heterocycles. The standard InChI is InChI=1S/C26H27N3O3S/c1-18-6-8-22-24(15-18)32-23-9-7-19(31-2)16-21(23)26(27-22)29-11-4-10-28(12-13-29)25(30)17-20-5-3-14-33-20/h3,5-9,14-16H,4,10-13,17H2,1-2H3. The lowest BCUT2D eigenvalue weighted by Crippen LogP contribution is -2.38. The van der Waals surface area contributed by atoms with Crippen LogP contribution in [-0.2, 0) is 11.2 Å². The van der Waals surface area contributed by atoms with Gasteiger partial charge in [0, 0.05) is 31.1 Å². The second kappa shape index (κ2) is 9.27. The summed E-state index contributed by atoms with van der Waals surface area (Å²) < 4.78 is 11.8. The van der Waals surface area contributed by atoms with Gasteiger partial charge in [-0.05, 0) is 60.7 Å². The number of fused-ring (bicyclic) bond motifs is 2. The van der Waals surface area contributed by atoms with Crippen LogP contribution in [0, 0.1) is 6.92 Å². The SMILES string of the molecule is COc1ccc2c(c1)C(N1CCCN(C(=O)Cc3cccs3)CC1)=Nc1ccc(C)cc1O2. The van der Waals surface area contributed by atoms with Gasteiger partial charge >= 0.3 is 0 Å². The topological polar surface area (TPSA) is 54.4 Å². The fraction of sp³-hybridized carbons (Fsp3) is 0.308. The molecule has 2 aliphatic heterocycles. The summed E-state index contributed by atoms with van der Waals surface area (Å²) in [6.45, 7) is 5.01. The van der Waals surface area contributed by atoms with Crippen LogP contribution < -0.4 is 9.47 Å². The molecule has 7 heteroatoms. The lowest BCUT2D eigenvalue weighted by Gasteiger charge is -2.25. The number of carbonyl (C=O) groups excluding carboxylic acids is 1. The molecular formula is C26H27N3O3S. The van der Waals surface area contributed by atoms with Crippen molar-refractivity contribution >= 4 is 28.8 Å². The summed E-state index contributed by atoms with van der Waals surface area (Å²) >= 11 is 1.63. The van der Waals surface area contributed by atoms with Crippen LogP contribution in [-0.4, -0.2) is 54.8 Å². The number of hydrogen-bond acceptors (Lipinski definition) is 6. The molecule has 0 atom stereocenters. The van der Waals surface area contributed by atoms with Crippen molar-refractivity contribution < 1.29 is 14.3 Å². The molecule has 1 aromatic heterocycles. The van der Waals surface area contributed by atoms with E-state index in [1.807, 2.05) is 65.7 Å². The fourth-order valence-electron chi connectivity index (χ4n) is 4.28. The largest absolute Gasteiger partial charge is 0.497 e. The highest BCUT2D eigenvalue weighted by Crippen LogP contribution is 2.40. The van der Waals surface area contributed by atoms with E-state index in [4.69, 9.17) is 14.5 Å². The van der Waals surface area contributed by atoms with Crippen molar-refractivity contribution in [1.82, 2.24) is 9.80 Å². The molecule has 2 aliphatic rings. The normalized spacial score (nSPS) is 15.5. The van der Waals surface area contributed by atoms with Crippen LogP contribution >= 0.6 is 11.3 Å². The van der Waals surface area contributed by atoms with E-state index in [-0.39, 0.29) is 5.91 Å². The van der Waals surface area contributed by atoms with Gasteiger partial charge in [-0.25, -0.2) is 4.99 Å². The van der Waals surface area contributed by atoms with Gasteiger partial charge in [-0.3, -0.25) is 4.79 Å². The van der Waals surface area contributed by atoms with E-state index in [0.717, 1.165) is 64.3 Å². The summed E-state index contributed by atoms with van der Waals surface area (Å²) in [7, 11) is 1.66. The van der Waals surface area contributed by atoms with Crippen molar-refractivity contribution in [3.8, 4) is 17.2 Å². The number of carbonyl (C=O) groups is 1. The van der Waals surface area contributed by atoms with Crippen LogP contribution in [0.5, 0.6) is 17.2 Å². The van der Waals surface area contributed by atoms with Gasteiger partial charge in [0.1, 0.15) is 23.0 Å². The third-order valence-corrected chi connectivity index (χ3v) is 6.92. The molecule has 33 heavy (non-hydrogen) atoms. The first kappa shape index (κ1) is 21.5. The summed E-state index contributed by atoms with van der Waals surface area (Å²) in [6.07, 6.45) is 1.36. The minimum Gasteiger partial charge on any atom is -0.497 e. The van der Waals surface area contributed by atoms with Crippen molar-refractivity contribution in [2.24, 2.45) is 4.99 Å². The number of aryl methyl sites for hydroxylation is 1. The van der Waals surface area contributed by atoms with Gasteiger partial charge < -0.3 is 19.3 Å². The number of hydrogen-bond donors (Lipinski definition) is 0. The molecule has 1 saturated heterocycles. The third kappa shape index (κ3) is 4.59. The Labute approximate surface area is 198 Å². The molecule has 1 amide bonds. The van der Waals surface area contributed by atoms with E-state index in [0.29, 0.717) is 19.5 Å². The fourth-order valence-corrected chi connectivity index (χ4v) is 4.98. The van der Waals surface area contributed by atoms with Crippen molar-refractivity contribution in [2.75, 3.05) is 33.3 Å². The first-order valence-electron chi connectivity index (χ1n) is 11.2. The van der Waals surface area contributed by atoms with Crippen LogP contribution in [0.4, 0.5) is 5.69 Å². The molecule has 0 spiro atoms. The third-order valence-electron chi connectivity index (χ3n) is 6.04. The molecule has 0 aliphatic carbocycles. The maximum absolute atomic E-state index is 12.9. The van der Waals surface area contributed by atoms with Crippen molar-refractivity contribution in [3.63, 3.8) is 0 Å². The van der Waals surface area contributed by atoms with E-state index in [9.17, 15) is 4.79 Å². The van der Waals surface area contributed by atoms with Crippen LogP contribution in [0.15, 0.2) is 58.9 Å². The van der Waals surface area contributed by atoms with Gasteiger partial charge in [0.15, 0.2) is 5.75 Å². The maximum atomic E-state index is 12.9. The predicted octanol–water partition coefficient (Wildman–Crippen LogP) is 5.03. The lowest BCUT2D eigenvalue weighted by atomic mass is 10.1. The molecule has 6 nitrogen and oxygen atoms in total. The first-order chi connectivity index (χ1) is 16.1. The smallest absolute Gasteiger partial charge is 0.227 e. The number of amidine groups is 1. The summed E-state index contributed by atoms with van der Waals surface area (Å²) in [5, 5.41) is 2.02. The summed E-state index contributed by atoms with van der Waals surface area (Å²) in [6, 6.07) is 15.9. The number of aliphatic imine (C=N–C) groups is 1. The van der Waals surface area contributed by atoms with Crippen LogP contribution in [0.25, 0.3) is 0 Å². The van der Waals surface area contributed by atoms with Gasteiger partial charge in [-0.15, -0.1) is 11.3 Å². The average Bonchev–Trinajstić information content (AvgIpc) is 3.12. The van der Waals surface area contributed by atoms with Crippen molar-refractivity contribution in [1.29, 1.82) is 0 Å². The Balaban J connectivity index is 1.44. The Hall–Kier alpha value is -3.32. The zero-order chi connectivity index (χ0) is 22.8. The maximum Gasteiger partial charge on any atom is 0.227 e. The summed E-state index contributed by atoms with van der Waals surface area (Å²) in [4.78, 5) is 23.3. The van der Waals surface area contributed by atoms with Crippen molar-refractivity contribution in [3.05, 3.63) is 69.9 Å². The minimum atomic E-state index is 0.188. The molecule has 2 aromatic carbocycles. The number of benzene rings is 2. The second-order valence-electron chi connectivity index (χ2n) is 8.35. The molecule has 1 fully saturated rings. The van der Waals surface area contributed by atoms with Crippen LogP contribution in [0.2, 0.25) is 0 Å². The molecule has 0 radical (unpaired) electrons. The number of nitrogens with zero attached hydrogens (tertiary/aromatic N) is 3. The number of thiophene rings is 1. The Morgan fingerprint density at radius 3 is 2.82 bits per heavy atom. The number of amides is 1. The monoisotopic (exact) mass is 461 g/mol. The van der Waals surface area contributed by atoms with E-state index >= 15 is 0 Å². The van der Waals surface area contributed by atoms with Gasteiger partial charge in [-0.1, -0.05) is 12.1 Å². The molecule has 170 valence electrons. The van der Waals surface area contributed by atoms with Crippen LogP contribution in [0.3, 0.4) is 0 Å². The highest BCUT2D eigenvalue weighted by atomic mass is 32.1. The van der Waals surface area contributed by atoms with Gasteiger partial charge in [0.05, 0.1) is 19.1 Å². The molecule has 0 N–H and O–H groups in total. The van der Waals surface area contributed by atoms with Gasteiger partial charge in [-0.2, -0.15) is 0 Å². The Morgan fingerprint density at radius 1 is 1.09 bits per heavy atom. The van der Waals surface area contributed by atoms with Gasteiger partial charge in [0.2, 0.25) is 5.91 Å². The average molecular weight is 462 g/mol. The Morgan fingerprint density at radius 2 is 2.00 bits per heavy atom. The van der Waals surface area contributed by atoms with Crippen LogP contribution in [0.1, 0.15) is 22.4 Å². The summed E-state index contributed by atoms with van der Waals surface area (Å²) in [5.41, 5.74) is 2.83. The summed E-state index contributed by atoms with van der Waals surface area (Å²) in [5.74, 6) is 3.31. The van der Waals surface area contributed by atoms with E-state index < -0.39 is 0 Å². The highest BCUT2D eigenvalue weighted by Gasteiger charge is 2.26. The number of rotatable bonds is 3. The predicted molar refractivity (Wildman–Crippen MR) is 131 cm³/mol. The molecule has 3 aromatic rings. The molecule has 0 saturated carbocycles. The lowest BCUT2D eigenvalue weighted by molar-refractivity contribution is -0.130. The molecule has 0 bridgehead atoms. The minimum absolute atomic E-state index is 0.188. The highest BCUT2D eigenvalue weighted by molar-refractivity contribution is 7.10. The quantitative estimate of drug-likeness (QED) is 0.549. The molecule has 5 rings (SSSR count). The zero-order valence-corrected chi connectivity index (χ0v) is 19.7. The second-order valence-corrected chi connectivity index (χ2v) is 9.38. The Kier molecular flexibility index (Phi) is 6.05. The zero-order valence-electron chi connectivity index (χ0n) is 18.9. The van der Waals surface area contributed by atoms with E-state index in [2.05, 4.69) is 4.90 Å². The van der Waals surface area contributed by atoms with E-state index in [1.165, 1.54) is 0 Å². The first-order valence-corrected chi connectivity index (χ1v) is 12.1. The van der Waals surface area contributed by atoms with E-state index in [1.54, 1.807) is 18.4 Å². The van der Waals surface area contributed by atoms with Gasteiger partial charge in [0.25, 0.3) is 0 Å².